The number of ether oxygens (including phenoxy) is 3. The first-order chi connectivity index (χ1) is 17.0. The van der Waals surface area contributed by atoms with Crippen molar-refractivity contribution in [1.29, 1.82) is 0 Å². The van der Waals surface area contributed by atoms with E-state index in [1.807, 2.05) is 42.5 Å². The number of hydrogen-bond acceptors (Lipinski definition) is 6. The van der Waals surface area contributed by atoms with Crippen LogP contribution in [0.1, 0.15) is 40.0 Å². The Balaban J connectivity index is 1.76. The second-order valence-electron chi connectivity index (χ2n) is 8.03. The summed E-state index contributed by atoms with van der Waals surface area (Å²) in [4.78, 5) is 30.0. The Morgan fingerprint density at radius 1 is 1.11 bits per heavy atom. The number of para-hydroxylation sites is 1. The molecule has 2 aromatic carbocycles. The molecular formula is C28H26N2O5. The molecule has 1 N–H and O–H groups in total. The molecule has 0 fully saturated rings. The Bertz CT molecular complexity index is 1350. The summed E-state index contributed by atoms with van der Waals surface area (Å²) >= 11 is 0. The van der Waals surface area contributed by atoms with Crippen LogP contribution in [0.25, 0.3) is 22.6 Å². The van der Waals surface area contributed by atoms with Crippen LogP contribution in [0.15, 0.2) is 42.5 Å². The summed E-state index contributed by atoms with van der Waals surface area (Å²) < 4.78 is 16.2. The molecule has 4 rings (SSSR count). The fraction of sp³-hybridized carbons (Fsp3) is 0.250. The van der Waals surface area contributed by atoms with E-state index in [1.165, 1.54) is 0 Å². The van der Waals surface area contributed by atoms with E-state index in [1.54, 1.807) is 14.2 Å². The average molecular weight is 471 g/mol. The predicted molar refractivity (Wildman–Crippen MR) is 134 cm³/mol. The molecule has 0 aliphatic heterocycles. The Hall–Kier alpha value is -4.31. The van der Waals surface area contributed by atoms with Crippen molar-refractivity contribution in [2.45, 2.75) is 19.3 Å². The van der Waals surface area contributed by atoms with Crippen LogP contribution in [0, 0.1) is 12.3 Å². The molecule has 3 aromatic rings. The molecule has 178 valence electrons. The van der Waals surface area contributed by atoms with E-state index in [0.717, 1.165) is 35.2 Å². The first kappa shape index (κ1) is 23.8. The van der Waals surface area contributed by atoms with Crippen LogP contribution in [0.5, 0.6) is 11.5 Å². The highest BCUT2D eigenvalue weighted by atomic mass is 16.5. The van der Waals surface area contributed by atoms with Crippen molar-refractivity contribution in [2.75, 3.05) is 27.4 Å². The predicted octanol–water partition coefficient (Wildman–Crippen LogP) is 4.04. The van der Waals surface area contributed by atoms with Crippen molar-refractivity contribution in [3.8, 4) is 23.8 Å². The molecule has 0 saturated carbocycles. The van der Waals surface area contributed by atoms with Gasteiger partial charge in [0.05, 0.1) is 37.5 Å². The van der Waals surface area contributed by atoms with Gasteiger partial charge in [0, 0.05) is 5.39 Å². The van der Waals surface area contributed by atoms with Crippen molar-refractivity contribution in [1.82, 2.24) is 10.3 Å². The summed E-state index contributed by atoms with van der Waals surface area (Å²) in [5.41, 5.74) is 4.70. The zero-order valence-electron chi connectivity index (χ0n) is 19.7. The molecule has 0 radical (unpaired) electrons. The number of carbonyl (C=O) groups excluding carboxylic acids is 2. The normalized spacial score (nSPS) is 13.6. The van der Waals surface area contributed by atoms with Crippen LogP contribution in [0.3, 0.4) is 0 Å². The summed E-state index contributed by atoms with van der Waals surface area (Å²) in [5.74, 6) is 2.61. The Kier molecular flexibility index (Phi) is 7.32. The molecule has 7 nitrogen and oxygen atoms in total. The fourth-order valence-electron chi connectivity index (χ4n) is 4.26. The van der Waals surface area contributed by atoms with Crippen LogP contribution < -0.4 is 14.8 Å². The van der Waals surface area contributed by atoms with Crippen molar-refractivity contribution < 1.29 is 23.8 Å². The number of esters is 1. The van der Waals surface area contributed by atoms with Gasteiger partial charge >= 0.3 is 5.97 Å². The SMILES string of the molecule is C#CCNC(=O)COC(=O)c1c2c(nc3ccccc13)/C(=C\c1ccc(OC)c(OC)c1)CCC2. The van der Waals surface area contributed by atoms with Crippen LogP contribution in [0.4, 0.5) is 0 Å². The minimum atomic E-state index is -0.553. The topological polar surface area (TPSA) is 86.8 Å². The number of terminal acetylenes is 1. The maximum absolute atomic E-state index is 13.2. The number of fused-ring (bicyclic) bond motifs is 2. The third-order valence-electron chi connectivity index (χ3n) is 5.84. The molecule has 1 heterocycles. The average Bonchev–Trinajstić information content (AvgIpc) is 2.89. The van der Waals surface area contributed by atoms with Gasteiger partial charge in [0.15, 0.2) is 18.1 Å². The third kappa shape index (κ3) is 5.12. The molecule has 0 atom stereocenters. The van der Waals surface area contributed by atoms with Gasteiger partial charge in [-0.05, 0) is 60.2 Å². The quantitative estimate of drug-likeness (QED) is 0.414. The molecule has 0 unspecified atom stereocenters. The molecule has 7 heteroatoms. The Morgan fingerprint density at radius 3 is 2.69 bits per heavy atom. The summed E-state index contributed by atoms with van der Waals surface area (Å²) in [7, 11) is 3.20. The van der Waals surface area contributed by atoms with Crippen LogP contribution >= 0.6 is 0 Å². The highest BCUT2D eigenvalue weighted by molar-refractivity contribution is 6.07. The van der Waals surface area contributed by atoms with E-state index >= 15 is 0 Å². The lowest BCUT2D eigenvalue weighted by atomic mass is 9.86. The van der Waals surface area contributed by atoms with E-state index in [9.17, 15) is 9.59 Å². The van der Waals surface area contributed by atoms with E-state index < -0.39 is 18.5 Å². The number of benzene rings is 2. The smallest absolute Gasteiger partial charge is 0.339 e. The monoisotopic (exact) mass is 470 g/mol. The molecule has 0 saturated heterocycles. The van der Waals surface area contributed by atoms with Gasteiger partial charge in [0.25, 0.3) is 5.91 Å². The molecule has 1 aliphatic rings. The molecule has 1 aromatic heterocycles. The molecule has 1 aliphatic carbocycles. The van der Waals surface area contributed by atoms with Crippen LogP contribution in [0.2, 0.25) is 0 Å². The number of nitrogens with zero attached hydrogens (tertiary/aromatic N) is 1. The standard InChI is InChI=1S/C28H26N2O5/c1-4-14-29-25(31)17-35-28(32)26-20-9-5-6-11-22(20)30-27-19(8-7-10-21(26)27)15-18-12-13-23(33-2)24(16-18)34-3/h1,5-6,9,11-13,15-16H,7-8,10,14,17H2,2-3H3,(H,29,31)/b19-15-. The number of amides is 1. The Labute approximate surface area is 204 Å². The Morgan fingerprint density at radius 2 is 1.91 bits per heavy atom. The van der Waals surface area contributed by atoms with Gasteiger partial charge in [-0.1, -0.05) is 30.2 Å². The summed E-state index contributed by atoms with van der Waals surface area (Å²) in [5, 5.41) is 3.20. The number of aromatic nitrogens is 1. The number of carbonyl (C=O) groups is 2. The first-order valence-corrected chi connectivity index (χ1v) is 11.3. The van der Waals surface area contributed by atoms with E-state index in [-0.39, 0.29) is 6.54 Å². The summed E-state index contributed by atoms with van der Waals surface area (Å²) in [6, 6.07) is 13.2. The van der Waals surface area contributed by atoms with Crippen LogP contribution in [-0.4, -0.2) is 44.2 Å². The van der Waals surface area contributed by atoms with Crippen molar-refractivity contribution in [2.24, 2.45) is 0 Å². The maximum Gasteiger partial charge on any atom is 0.339 e. The third-order valence-corrected chi connectivity index (χ3v) is 5.84. The van der Waals surface area contributed by atoms with Gasteiger partial charge in [-0.2, -0.15) is 0 Å². The lowest BCUT2D eigenvalue weighted by molar-refractivity contribution is -0.123. The molecule has 35 heavy (non-hydrogen) atoms. The zero-order valence-corrected chi connectivity index (χ0v) is 19.7. The highest BCUT2D eigenvalue weighted by Crippen LogP contribution is 2.37. The number of allylic oxidation sites excluding steroid dienone is 1. The van der Waals surface area contributed by atoms with Gasteiger partial charge in [-0.3, -0.25) is 4.79 Å². The van der Waals surface area contributed by atoms with Crippen LogP contribution in [-0.2, 0) is 16.0 Å². The van der Waals surface area contributed by atoms with Gasteiger partial charge in [-0.15, -0.1) is 6.42 Å². The second kappa shape index (κ2) is 10.7. The second-order valence-corrected chi connectivity index (χ2v) is 8.03. The number of nitrogens with one attached hydrogen (secondary N) is 1. The fourth-order valence-corrected chi connectivity index (χ4v) is 4.26. The van der Waals surface area contributed by atoms with E-state index in [0.29, 0.717) is 34.4 Å². The summed E-state index contributed by atoms with van der Waals surface area (Å²) in [6.07, 6.45) is 9.58. The van der Waals surface area contributed by atoms with Crippen molar-refractivity contribution in [3.05, 3.63) is 64.8 Å². The van der Waals surface area contributed by atoms with Gasteiger partial charge in [0.2, 0.25) is 0 Å². The highest BCUT2D eigenvalue weighted by Gasteiger charge is 2.26. The lowest BCUT2D eigenvalue weighted by Gasteiger charge is -2.22. The minimum Gasteiger partial charge on any atom is -0.493 e. The molecule has 0 spiro atoms. The van der Waals surface area contributed by atoms with E-state index in [2.05, 4.69) is 17.3 Å². The largest absolute Gasteiger partial charge is 0.493 e. The number of pyridine rings is 1. The number of methoxy groups -OCH3 is 2. The first-order valence-electron chi connectivity index (χ1n) is 11.3. The number of hydrogen-bond donors (Lipinski definition) is 1. The van der Waals surface area contributed by atoms with Crippen molar-refractivity contribution in [3.63, 3.8) is 0 Å². The van der Waals surface area contributed by atoms with Gasteiger partial charge in [-0.25, -0.2) is 9.78 Å². The van der Waals surface area contributed by atoms with Crippen molar-refractivity contribution >= 4 is 34.4 Å². The maximum atomic E-state index is 13.2. The zero-order chi connectivity index (χ0) is 24.8. The van der Waals surface area contributed by atoms with Gasteiger partial charge < -0.3 is 19.5 Å². The molecule has 1 amide bonds. The summed E-state index contributed by atoms with van der Waals surface area (Å²) in [6.45, 7) is -0.325. The van der Waals surface area contributed by atoms with Gasteiger partial charge in [0.1, 0.15) is 0 Å². The molecule has 0 bridgehead atoms. The minimum absolute atomic E-state index is 0.0776. The lowest BCUT2D eigenvalue weighted by Crippen LogP contribution is -2.29. The molecular weight excluding hydrogens is 444 g/mol. The van der Waals surface area contributed by atoms with E-state index in [4.69, 9.17) is 25.6 Å². The number of rotatable bonds is 7.